The number of alkyl halides is 3. The lowest BCUT2D eigenvalue weighted by Gasteiger charge is -2.10. The molecule has 0 aliphatic heterocycles. The number of benzene rings is 3. The van der Waals surface area contributed by atoms with Crippen molar-refractivity contribution < 1.29 is 37.3 Å². The number of carboxylic acids is 1. The molecule has 1 amide bonds. The summed E-state index contributed by atoms with van der Waals surface area (Å²) in [6.07, 6.45) is -3.58. The van der Waals surface area contributed by atoms with Gasteiger partial charge in [0.2, 0.25) is 5.91 Å². The van der Waals surface area contributed by atoms with Crippen molar-refractivity contribution in [1.29, 1.82) is 0 Å². The van der Waals surface area contributed by atoms with Crippen LogP contribution in [-0.2, 0) is 16.0 Å². The molecule has 0 aliphatic carbocycles. The molecule has 6 nitrogen and oxygen atoms in total. The van der Waals surface area contributed by atoms with Crippen LogP contribution >= 0.6 is 15.9 Å². The third-order valence-corrected chi connectivity index (χ3v) is 5.19. The third kappa shape index (κ3) is 8.49. The third-order valence-electron chi connectivity index (χ3n) is 4.53. The molecule has 10 heteroatoms. The highest BCUT2D eigenvalue weighted by atomic mass is 79.9. The fraction of sp³-hybridized carbons (Fsp3) is 0.120. The molecule has 0 fully saturated rings. The Bertz CT molecular complexity index is 1230. The quantitative estimate of drug-likeness (QED) is 0.305. The van der Waals surface area contributed by atoms with Crippen molar-refractivity contribution in [2.45, 2.75) is 19.2 Å². The number of aliphatic carboxylic acids is 1. The van der Waals surface area contributed by atoms with Gasteiger partial charge in [-0.1, -0.05) is 36.4 Å². The maximum atomic E-state index is 12.4. The van der Waals surface area contributed by atoms with Crippen LogP contribution in [0.2, 0.25) is 0 Å². The van der Waals surface area contributed by atoms with E-state index in [0.717, 1.165) is 10.5 Å². The first-order chi connectivity index (χ1) is 16.6. The van der Waals surface area contributed by atoms with Gasteiger partial charge < -0.3 is 19.9 Å². The highest BCUT2D eigenvalue weighted by Crippen LogP contribution is 2.29. The minimum absolute atomic E-state index is 0.0921. The van der Waals surface area contributed by atoms with Gasteiger partial charge >= 0.3 is 12.3 Å². The van der Waals surface area contributed by atoms with Gasteiger partial charge in [0.15, 0.2) is 0 Å². The van der Waals surface area contributed by atoms with E-state index < -0.39 is 24.0 Å². The zero-order valence-electron chi connectivity index (χ0n) is 18.0. The lowest BCUT2D eigenvalue weighted by atomic mass is 10.1. The van der Waals surface area contributed by atoms with E-state index in [4.69, 9.17) is 4.74 Å². The summed E-state index contributed by atoms with van der Waals surface area (Å²) in [4.78, 5) is 23.9. The van der Waals surface area contributed by atoms with Crippen LogP contribution in [0.4, 0.5) is 13.2 Å². The van der Waals surface area contributed by atoms with Gasteiger partial charge in [0.05, 0.1) is 4.47 Å². The van der Waals surface area contributed by atoms with Crippen LogP contribution in [0.25, 0.3) is 6.08 Å². The number of ether oxygens (including phenoxy) is 2. The van der Waals surface area contributed by atoms with Crippen LogP contribution in [0.5, 0.6) is 17.2 Å². The van der Waals surface area contributed by atoms with E-state index in [1.165, 1.54) is 18.2 Å². The smallest absolute Gasteiger partial charge is 0.477 e. The molecule has 2 N–H and O–H groups in total. The molecule has 0 unspecified atom stereocenters. The van der Waals surface area contributed by atoms with Crippen molar-refractivity contribution in [3.8, 4) is 17.2 Å². The number of carboxylic acid groups (broad SMARTS) is 1. The normalized spacial score (nSPS) is 11.6. The van der Waals surface area contributed by atoms with Crippen LogP contribution in [0.3, 0.4) is 0 Å². The summed E-state index contributed by atoms with van der Waals surface area (Å²) in [6.45, 7) is 0. The van der Waals surface area contributed by atoms with Gasteiger partial charge in [0.25, 0.3) is 0 Å². The number of halogens is 4. The van der Waals surface area contributed by atoms with Gasteiger partial charge in [-0.3, -0.25) is 4.79 Å². The first kappa shape index (κ1) is 25.8. The van der Waals surface area contributed by atoms with Crippen molar-refractivity contribution in [3.05, 3.63) is 94.1 Å². The number of rotatable bonds is 9. The molecule has 0 spiro atoms. The van der Waals surface area contributed by atoms with E-state index in [0.29, 0.717) is 22.6 Å². The van der Waals surface area contributed by atoms with E-state index in [9.17, 15) is 27.9 Å². The van der Waals surface area contributed by atoms with Gasteiger partial charge in [-0.25, -0.2) is 4.79 Å². The Balaban J connectivity index is 1.61. The van der Waals surface area contributed by atoms with Gasteiger partial charge in [-0.15, -0.1) is 13.2 Å². The molecule has 0 saturated carbocycles. The number of carbonyl (C=O) groups is 2. The number of aryl methyl sites for hydroxylation is 1. The molecule has 0 heterocycles. The van der Waals surface area contributed by atoms with Gasteiger partial charge in [-0.05, 0) is 76.0 Å². The SMILES string of the molecule is O=C(CCc1cccc(OC(F)(F)F)c1)NC(=Cc1ccc(Oc2ccccc2Br)cc1)C(=O)O. The number of carbonyl (C=O) groups excluding carboxylic acids is 1. The lowest BCUT2D eigenvalue weighted by molar-refractivity contribution is -0.274. The van der Waals surface area contributed by atoms with E-state index in [2.05, 4.69) is 26.0 Å². The average molecular weight is 550 g/mol. The molecule has 0 aromatic heterocycles. The molecule has 0 bridgehead atoms. The number of amides is 1. The standard InChI is InChI=1S/C25H19BrF3NO5/c26-20-6-1-2-7-22(20)34-18-11-8-17(9-12-18)15-21(24(32)33)30-23(31)13-10-16-4-3-5-19(14-16)35-25(27,28)29/h1-9,11-12,14-15H,10,13H2,(H,30,31)(H,32,33). The molecule has 0 saturated heterocycles. The van der Waals surface area contributed by atoms with Crippen molar-refractivity contribution in [1.82, 2.24) is 5.32 Å². The van der Waals surface area contributed by atoms with Gasteiger partial charge in [-0.2, -0.15) is 0 Å². The Morgan fingerprint density at radius 1 is 0.971 bits per heavy atom. The highest BCUT2D eigenvalue weighted by molar-refractivity contribution is 9.10. The fourth-order valence-electron chi connectivity index (χ4n) is 2.97. The molecular formula is C25H19BrF3NO5. The van der Waals surface area contributed by atoms with Crippen molar-refractivity contribution in [2.24, 2.45) is 0 Å². The molecule has 182 valence electrons. The Hall–Kier alpha value is -3.79. The van der Waals surface area contributed by atoms with Crippen LogP contribution in [0, 0.1) is 0 Å². The van der Waals surface area contributed by atoms with Crippen LogP contribution < -0.4 is 14.8 Å². The summed E-state index contributed by atoms with van der Waals surface area (Å²) in [7, 11) is 0. The number of nitrogens with one attached hydrogen (secondary N) is 1. The second-order valence-electron chi connectivity index (χ2n) is 7.21. The summed E-state index contributed by atoms with van der Waals surface area (Å²) in [5.74, 6) is -1.19. The second kappa shape index (κ2) is 11.6. The summed E-state index contributed by atoms with van der Waals surface area (Å²) >= 11 is 3.39. The van der Waals surface area contributed by atoms with Crippen LogP contribution in [-0.4, -0.2) is 23.3 Å². The Labute approximate surface area is 207 Å². The summed E-state index contributed by atoms with van der Waals surface area (Å²) < 4.78 is 47.5. The molecule has 3 aromatic carbocycles. The van der Waals surface area contributed by atoms with Crippen molar-refractivity contribution in [3.63, 3.8) is 0 Å². The van der Waals surface area contributed by atoms with Crippen molar-refractivity contribution in [2.75, 3.05) is 0 Å². The molecule has 0 atom stereocenters. The van der Waals surface area contributed by atoms with E-state index in [1.807, 2.05) is 18.2 Å². The number of hydrogen-bond donors (Lipinski definition) is 2. The first-order valence-corrected chi connectivity index (χ1v) is 11.0. The zero-order chi connectivity index (χ0) is 25.4. The second-order valence-corrected chi connectivity index (χ2v) is 8.06. The van der Waals surface area contributed by atoms with E-state index in [1.54, 1.807) is 36.4 Å². The molecule has 0 aliphatic rings. The van der Waals surface area contributed by atoms with E-state index >= 15 is 0 Å². The maximum Gasteiger partial charge on any atom is 0.573 e. The highest BCUT2D eigenvalue weighted by Gasteiger charge is 2.31. The minimum atomic E-state index is -4.82. The maximum absolute atomic E-state index is 12.4. The predicted octanol–water partition coefficient (Wildman–Crippen LogP) is 6.31. The number of hydrogen-bond acceptors (Lipinski definition) is 4. The van der Waals surface area contributed by atoms with E-state index in [-0.39, 0.29) is 18.5 Å². The van der Waals surface area contributed by atoms with Crippen LogP contribution in [0.15, 0.2) is 83.0 Å². The molecule has 3 aromatic rings. The van der Waals surface area contributed by atoms with Gasteiger partial charge in [0.1, 0.15) is 22.9 Å². The Morgan fingerprint density at radius 3 is 2.34 bits per heavy atom. The summed E-state index contributed by atoms with van der Waals surface area (Å²) in [5.41, 5.74) is 0.603. The molecule has 3 rings (SSSR count). The monoisotopic (exact) mass is 549 g/mol. The summed E-state index contributed by atoms with van der Waals surface area (Å²) in [5, 5.41) is 11.8. The fourth-order valence-corrected chi connectivity index (χ4v) is 3.34. The molecule has 0 radical (unpaired) electrons. The Morgan fingerprint density at radius 2 is 1.69 bits per heavy atom. The first-order valence-electron chi connectivity index (χ1n) is 10.2. The Kier molecular flexibility index (Phi) is 8.53. The molecular weight excluding hydrogens is 531 g/mol. The number of para-hydroxylation sites is 1. The average Bonchev–Trinajstić information content (AvgIpc) is 2.79. The minimum Gasteiger partial charge on any atom is -0.477 e. The predicted molar refractivity (Wildman–Crippen MR) is 126 cm³/mol. The topological polar surface area (TPSA) is 84.9 Å². The largest absolute Gasteiger partial charge is 0.573 e. The molecule has 35 heavy (non-hydrogen) atoms. The lowest BCUT2D eigenvalue weighted by Crippen LogP contribution is -2.27. The van der Waals surface area contributed by atoms with Gasteiger partial charge in [0, 0.05) is 6.42 Å². The summed E-state index contributed by atoms with van der Waals surface area (Å²) in [6, 6.07) is 19.1. The van der Waals surface area contributed by atoms with Crippen LogP contribution in [0.1, 0.15) is 17.5 Å². The zero-order valence-corrected chi connectivity index (χ0v) is 19.6. The van der Waals surface area contributed by atoms with Crippen molar-refractivity contribution >= 4 is 33.9 Å².